The van der Waals surface area contributed by atoms with Crippen molar-refractivity contribution in [1.29, 1.82) is 0 Å². The Morgan fingerprint density at radius 2 is 1.83 bits per heavy atom. The Bertz CT molecular complexity index is 777. The molecule has 0 saturated heterocycles. The Morgan fingerprint density at radius 1 is 1.08 bits per heavy atom. The van der Waals surface area contributed by atoms with E-state index < -0.39 is 0 Å². The van der Waals surface area contributed by atoms with Crippen LogP contribution in [-0.2, 0) is 6.54 Å². The van der Waals surface area contributed by atoms with Gasteiger partial charge in [-0.15, -0.1) is 0 Å². The summed E-state index contributed by atoms with van der Waals surface area (Å²) < 4.78 is 5.93. The molecule has 0 aliphatic heterocycles. The minimum Gasteiger partial charge on any atom is -0.457 e. The first kappa shape index (κ1) is 16.5. The summed E-state index contributed by atoms with van der Waals surface area (Å²) in [5.41, 5.74) is 3.23. The van der Waals surface area contributed by atoms with Crippen LogP contribution in [0.1, 0.15) is 25.8 Å². The van der Waals surface area contributed by atoms with Crippen molar-refractivity contribution < 1.29 is 4.74 Å². The second kappa shape index (κ2) is 7.49. The third kappa shape index (κ3) is 4.36. The Hall–Kier alpha value is -2.33. The molecule has 126 valence electrons. The number of H-pyrrole nitrogens is 1. The lowest BCUT2D eigenvalue weighted by molar-refractivity contribution is 0.303. The first-order valence-electron chi connectivity index (χ1n) is 8.48. The van der Waals surface area contributed by atoms with Crippen LogP contribution < -0.4 is 4.74 Å². The van der Waals surface area contributed by atoms with Crippen LogP contribution in [0, 0.1) is 5.92 Å². The summed E-state index contributed by atoms with van der Waals surface area (Å²) in [6, 6.07) is 14.2. The fraction of sp³-hybridized carbons (Fsp3) is 0.350. The number of nitrogens with zero attached hydrogens (tertiary/aromatic N) is 2. The quantitative estimate of drug-likeness (QED) is 0.677. The van der Waals surface area contributed by atoms with E-state index in [0.29, 0.717) is 0 Å². The van der Waals surface area contributed by atoms with Crippen LogP contribution in [0.25, 0.3) is 11.0 Å². The number of benzene rings is 2. The lowest BCUT2D eigenvalue weighted by Crippen LogP contribution is -2.20. The van der Waals surface area contributed by atoms with E-state index in [-0.39, 0.29) is 0 Å². The standard InChI is InChI=1S/C20H25N3O/c1-15(2)10-11-23(3)13-16-4-6-17(7-5-16)24-18-8-9-19-20(12-18)22-14-21-19/h4-9,12,14-15H,10-11,13H2,1-3H3,(H,21,22). The Labute approximate surface area is 143 Å². The largest absolute Gasteiger partial charge is 0.457 e. The van der Waals surface area contributed by atoms with Gasteiger partial charge in [-0.2, -0.15) is 0 Å². The predicted octanol–water partition coefficient (Wildman–Crippen LogP) is 4.83. The molecule has 0 aliphatic rings. The summed E-state index contributed by atoms with van der Waals surface area (Å²) in [6.45, 7) is 6.62. The molecule has 0 radical (unpaired) electrons. The number of aromatic nitrogens is 2. The van der Waals surface area contributed by atoms with Crippen molar-refractivity contribution in [2.75, 3.05) is 13.6 Å². The van der Waals surface area contributed by atoms with E-state index in [4.69, 9.17) is 4.74 Å². The third-order valence-corrected chi connectivity index (χ3v) is 4.09. The van der Waals surface area contributed by atoms with Crippen molar-refractivity contribution >= 4 is 11.0 Å². The summed E-state index contributed by atoms with van der Waals surface area (Å²) >= 11 is 0. The lowest BCUT2D eigenvalue weighted by Gasteiger charge is -2.18. The highest BCUT2D eigenvalue weighted by molar-refractivity contribution is 5.76. The van der Waals surface area contributed by atoms with Crippen LogP contribution >= 0.6 is 0 Å². The smallest absolute Gasteiger partial charge is 0.129 e. The van der Waals surface area contributed by atoms with E-state index in [1.165, 1.54) is 12.0 Å². The summed E-state index contributed by atoms with van der Waals surface area (Å²) in [7, 11) is 2.17. The van der Waals surface area contributed by atoms with Crippen LogP contribution in [-0.4, -0.2) is 28.5 Å². The Morgan fingerprint density at radius 3 is 2.58 bits per heavy atom. The highest BCUT2D eigenvalue weighted by Gasteiger charge is 2.04. The number of nitrogens with one attached hydrogen (secondary N) is 1. The highest BCUT2D eigenvalue weighted by atomic mass is 16.5. The van der Waals surface area contributed by atoms with Gasteiger partial charge in [0.15, 0.2) is 0 Å². The maximum atomic E-state index is 5.93. The molecule has 3 aromatic rings. The van der Waals surface area contributed by atoms with Gasteiger partial charge in [-0.05, 0) is 55.8 Å². The van der Waals surface area contributed by atoms with Crippen LogP contribution in [0.15, 0.2) is 48.8 Å². The van der Waals surface area contributed by atoms with Crippen LogP contribution in [0.5, 0.6) is 11.5 Å². The van der Waals surface area contributed by atoms with Gasteiger partial charge in [-0.25, -0.2) is 4.98 Å². The maximum absolute atomic E-state index is 5.93. The number of imidazole rings is 1. The van der Waals surface area contributed by atoms with Crippen molar-refractivity contribution in [2.45, 2.75) is 26.8 Å². The minimum atomic E-state index is 0.746. The molecule has 24 heavy (non-hydrogen) atoms. The third-order valence-electron chi connectivity index (χ3n) is 4.09. The summed E-state index contributed by atoms with van der Waals surface area (Å²) in [5, 5.41) is 0. The van der Waals surface area contributed by atoms with E-state index in [9.17, 15) is 0 Å². The molecule has 0 unspecified atom stereocenters. The molecule has 4 heteroatoms. The number of ether oxygens (including phenoxy) is 1. The van der Waals surface area contributed by atoms with Gasteiger partial charge in [0.2, 0.25) is 0 Å². The molecule has 0 bridgehead atoms. The van der Waals surface area contributed by atoms with Crippen LogP contribution in [0.4, 0.5) is 0 Å². The molecule has 2 aromatic carbocycles. The maximum Gasteiger partial charge on any atom is 0.129 e. The monoisotopic (exact) mass is 323 g/mol. The number of fused-ring (bicyclic) bond motifs is 1. The molecule has 3 rings (SSSR count). The average Bonchev–Trinajstić information content (AvgIpc) is 3.02. The zero-order chi connectivity index (χ0) is 16.9. The molecular formula is C20H25N3O. The fourth-order valence-corrected chi connectivity index (χ4v) is 2.65. The second-order valence-corrected chi connectivity index (χ2v) is 6.75. The van der Waals surface area contributed by atoms with Crippen LogP contribution in [0.3, 0.4) is 0 Å². The van der Waals surface area contributed by atoms with Gasteiger partial charge in [0, 0.05) is 12.6 Å². The van der Waals surface area contributed by atoms with E-state index in [1.807, 2.05) is 30.3 Å². The molecular weight excluding hydrogens is 298 g/mol. The average molecular weight is 323 g/mol. The minimum absolute atomic E-state index is 0.746. The molecule has 0 amide bonds. The number of rotatable bonds is 7. The first-order valence-corrected chi connectivity index (χ1v) is 8.48. The lowest BCUT2D eigenvalue weighted by atomic mass is 10.1. The second-order valence-electron chi connectivity index (χ2n) is 6.75. The first-order chi connectivity index (χ1) is 11.6. The van der Waals surface area contributed by atoms with Gasteiger partial charge in [-0.3, -0.25) is 0 Å². The van der Waals surface area contributed by atoms with E-state index in [2.05, 4.69) is 47.9 Å². The molecule has 0 fully saturated rings. The Balaban J connectivity index is 1.59. The van der Waals surface area contributed by atoms with E-state index in [1.54, 1.807) is 6.33 Å². The number of hydrogen-bond donors (Lipinski definition) is 1. The van der Waals surface area contributed by atoms with E-state index in [0.717, 1.165) is 41.5 Å². The molecule has 1 heterocycles. The van der Waals surface area contributed by atoms with Gasteiger partial charge in [0.05, 0.1) is 17.4 Å². The summed E-state index contributed by atoms with van der Waals surface area (Å²) in [5.74, 6) is 2.41. The van der Waals surface area contributed by atoms with Crippen molar-refractivity contribution in [1.82, 2.24) is 14.9 Å². The number of aromatic amines is 1. The van der Waals surface area contributed by atoms with Crippen molar-refractivity contribution in [2.24, 2.45) is 5.92 Å². The van der Waals surface area contributed by atoms with Gasteiger partial charge in [0.1, 0.15) is 11.5 Å². The summed E-state index contributed by atoms with van der Waals surface area (Å²) in [4.78, 5) is 9.68. The normalized spacial score (nSPS) is 11.5. The zero-order valence-corrected chi connectivity index (χ0v) is 14.6. The predicted molar refractivity (Wildman–Crippen MR) is 98.4 cm³/mol. The molecule has 1 N–H and O–H groups in total. The van der Waals surface area contributed by atoms with E-state index >= 15 is 0 Å². The Kier molecular flexibility index (Phi) is 5.16. The molecule has 4 nitrogen and oxygen atoms in total. The van der Waals surface area contributed by atoms with Crippen molar-refractivity contribution in [3.05, 3.63) is 54.4 Å². The topological polar surface area (TPSA) is 41.1 Å². The molecule has 0 spiro atoms. The van der Waals surface area contributed by atoms with Crippen molar-refractivity contribution in [3.63, 3.8) is 0 Å². The van der Waals surface area contributed by atoms with Gasteiger partial charge in [-0.1, -0.05) is 26.0 Å². The fourth-order valence-electron chi connectivity index (χ4n) is 2.65. The van der Waals surface area contributed by atoms with Gasteiger partial charge >= 0.3 is 0 Å². The molecule has 1 aromatic heterocycles. The zero-order valence-electron chi connectivity index (χ0n) is 14.6. The molecule has 0 saturated carbocycles. The highest BCUT2D eigenvalue weighted by Crippen LogP contribution is 2.24. The summed E-state index contributed by atoms with van der Waals surface area (Å²) in [6.07, 6.45) is 2.92. The number of hydrogen-bond acceptors (Lipinski definition) is 3. The van der Waals surface area contributed by atoms with Crippen molar-refractivity contribution in [3.8, 4) is 11.5 Å². The van der Waals surface area contributed by atoms with Gasteiger partial charge in [0.25, 0.3) is 0 Å². The SMILES string of the molecule is CC(C)CCN(C)Cc1ccc(Oc2ccc3nc[nH]c3c2)cc1. The molecule has 0 atom stereocenters. The van der Waals surface area contributed by atoms with Crippen LogP contribution in [0.2, 0.25) is 0 Å². The van der Waals surface area contributed by atoms with Gasteiger partial charge < -0.3 is 14.6 Å². The molecule has 0 aliphatic carbocycles.